The molecule has 2 aliphatic carbocycles. The summed E-state index contributed by atoms with van der Waals surface area (Å²) in [6.07, 6.45) is 1.38. The number of fused-ring (bicyclic) bond motifs is 4. The third kappa shape index (κ3) is 3.82. The van der Waals surface area contributed by atoms with Crippen LogP contribution in [0.1, 0.15) is 62.8 Å². The first-order chi connectivity index (χ1) is 14.0. The SMILES string of the molecule is CC1(C)CC2(CC(C)(C)c3ccc(OS(=O)(=O)O)cc32)c2cc(OS(=O)(=O)O)ccc21. The predicted octanol–water partition coefficient (Wildman–Crippen LogP) is 3.70. The van der Waals surface area contributed by atoms with Gasteiger partial charge in [-0.2, -0.15) is 16.8 Å². The van der Waals surface area contributed by atoms with Crippen molar-refractivity contribution in [1.82, 2.24) is 0 Å². The molecule has 2 N–H and O–H groups in total. The van der Waals surface area contributed by atoms with Crippen molar-refractivity contribution in [2.75, 3.05) is 0 Å². The first-order valence-corrected chi connectivity index (χ1v) is 12.4. The van der Waals surface area contributed by atoms with E-state index in [4.69, 9.17) is 17.5 Å². The van der Waals surface area contributed by atoms with Crippen LogP contribution in [0.3, 0.4) is 0 Å². The average molecular weight is 469 g/mol. The van der Waals surface area contributed by atoms with Crippen molar-refractivity contribution in [3.05, 3.63) is 58.7 Å². The van der Waals surface area contributed by atoms with Crippen molar-refractivity contribution in [2.24, 2.45) is 0 Å². The quantitative estimate of drug-likeness (QED) is 0.650. The van der Waals surface area contributed by atoms with E-state index in [1.54, 1.807) is 24.3 Å². The third-order valence-corrected chi connectivity index (χ3v) is 7.17. The van der Waals surface area contributed by atoms with E-state index in [0.717, 1.165) is 22.3 Å². The molecule has 1 spiro atoms. The van der Waals surface area contributed by atoms with Gasteiger partial charge >= 0.3 is 20.8 Å². The second-order valence-corrected chi connectivity index (χ2v) is 11.7. The fourth-order valence-electron chi connectivity index (χ4n) is 5.65. The largest absolute Gasteiger partial charge is 0.446 e. The molecule has 0 aromatic heterocycles. The first kappa shape index (κ1) is 22.1. The van der Waals surface area contributed by atoms with Gasteiger partial charge in [-0.1, -0.05) is 39.8 Å². The minimum absolute atomic E-state index is 0.00470. The van der Waals surface area contributed by atoms with Crippen LogP contribution in [0, 0.1) is 0 Å². The molecular weight excluding hydrogens is 444 g/mol. The third-order valence-electron chi connectivity index (χ3n) is 6.36. The van der Waals surface area contributed by atoms with Crippen molar-refractivity contribution in [3.8, 4) is 11.5 Å². The van der Waals surface area contributed by atoms with Gasteiger partial charge in [-0.3, -0.25) is 9.11 Å². The van der Waals surface area contributed by atoms with Crippen LogP contribution in [0.15, 0.2) is 36.4 Å². The van der Waals surface area contributed by atoms with Crippen molar-refractivity contribution < 1.29 is 34.3 Å². The number of rotatable bonds is 4. The molecule has 0 atom stereocenters. The summed E-state index contributed by atoms with van der Waals surface area (Å²) in [6, 6.07) is 9.86. The maximum atomic E-state index is 11.3. The highest BCUT2D eigenvalue weighted by Gasteiger charge is 2.56. The van der Waals surface area contributed by atoms with E-state index in [1.165, 1.54) is 12.1 Å². The topological polar surface area (TPSA) is 127 Å². The first-order valence-electron chi connectivity index (χ1n) is 9.66. The van der Waals surface area contributed by atoms with Crippen molar-refractivity contribution in [2.45, 2.75) is 56.8 Å². The Morgan fingerprint density at radius 2 is 1.03 bits per heavy atom. The van der Waals surface area contributed by atoms with E-state index in [-0.39, 0.29) is 22.3 Å². The van der Waals surface area contributed by atoms with Crippen molar-refractivity contribution in [3.63, 3.8) is 0 Å². The van der Waals surface area contributed by atoms with Crippen LogP contribution < -0.4 is 8.37 Å². The van der Waals surface area contributed by atoms with Crippen molar-refractivity contribution >= 4 is 20.8 Å². The highest BCUT2D eigenvalue weighted by Crippen LogP contribution is 2.63. The highest BCUT2D eigenvalue weighted by molar-refractivity contribution is 7.81. The van der Waals surface area contributed by atoms with Gasteiger partial charge in [0.1, 0.15) is 11.5 Å². The van der Waals surface area contributed by atoms with Crippen molar-refractivity contribution in [1.29, 1.82) is 0 Å². The van der Waals surface area contributed by atoms with E-state index in [0.29, 0.717) is 12.8 Å². The van der Waals surface area contributed by atoms with Crippen LogP contribution in [-0.4, -0.2) is 25.9 Å². The second-order valence-electron chi connectivity index (χ2n) is 9.64. The summed E-state index contributed by atoms with van der Waals surface area (Å²) < 4.78 is 72.7. The van der Waals surface area contributed by atoms with Crippen LogP contribution in [0.4, 0.5) is 0 Å². The zero-order chi connectivity index (χ0) is 23.0. The summed E-state index contributed by atoms with van der Waals surface area (Å²) >= 11 is 0. The molecule has 2 aliphatic rings. The predicted molar refractivity (Wildman–Crippen MR) is 113 cm³/mol. The molecule has 8 nitrogen and oxygen atoms in total. The standard InChI is InChI=1S/C21H24O8S2/c1-19(2)11-21(17-9-13(5-7-15(17)19)28-30(22,23)24)12-20(3,4)16-8-6-14(10-18(16)21)29-31(25,26)27/h5-10H,11-12H2,1-4H3,(H,22,23,24)(H,25,26,27). The van der Waals surface area contributed by atoms with Gasteiger partial charge in [0.15, 0.2) is 0 Å². The number of hydrogen-bond donors (Lipinski definition) is 2. The molecule has 0 amide bonds. The molecule has 0 saturated heterocycles. The monoisotopic (exact) mass is 468 g/mol. The van der Waals surface area contributed by atoms with E-state index in [1.807, 2.05) is 0 Å². The number of hydrogen-bond acceptors (Lipinski definition) is 6. The summed E-state index contributed by atoms with van der Waals surface area (Å²) in [7, 11) is -9.37. The van der Waals surface area contributed by atoms with Gasteiger partial charge in [0.05, 0.1) is 0 Å². The molecule has 4 rings (SSSR count). The van der Waals surface area contributed by atoms with Gasteiger partial charge in [0, 0.05) is 5.41 Å². The molecule has 0 unspecified atom stereocenters. The Hall–Kier alpha value is -2.14. The van der Waals surface area contributed by atoms with Gasteiger partial charge < -0.3 is 8.37 Å². The Morgan fingerprint density at radius 1 is 0.677 bits per heavy atom. The molecule has 0 bridgehead atoms. The summed E-state index contributed by atoms with van der Waals surface area (Å²) in [5, 5.41) is 0. The van der Waals surface area contributed by atoms with Crippen LogP contribution in [0.2, 0.25) is 0 Å². The summed E-state index contributed by atoms with van der Waals surface area (Å²) in [5.74, 6) is -0.00940. The van der Waals surface area contributed by atoms with Gasteiger partial charge in [-0.05, 0) is 70.2 Å². The smallest absolute Gasteiger partial charge is 0.362 e. The maximum absolute atomic E-state index is 11.3. The second kappa shape index (κ2) is 6.44. The maximum Gasteiger partial charge on any atom is 0.446 e. The molecule has 0 heterocycles. The van der Waals surface area contributed by atoms with E-state index >= 15 is 0 Å². The Balaban J connectivity index is 1.95. The molecule has 0 fully saturated rings. The van der Waals surface area contributed by atoms with Gasteiger partial charge in [-0.15, -0.1) is 0 Å². The van der Waals surface area contributed by atoms with Crippen LogP contribution >= 0.6 is 0 Å². The summed E-state index contributed by atoms with van der Waals surface area (Å²) in [5.41, 5.74) is 2.66. The molecule has 2 aromatic rings. The molecular formula is C21H24O8S2. The molecule has 31 heavy (non-hydrogen) atoms. The number of benzene rings is 2. The lowest BCUT2D eigenvalue weighted by molar-refractivity contribution is 0.348. The van der Waals surface area contributed by atoms with E-state index in [9.17, 15) is 16.8 Å². The van der Waals surface area contributed by atoms with Gasteiger partial charge in [0.2, 0.25) is 0 Å². The lowest BCUT2D eigenvalue weighted by atomic mass is 9.72. The summed E-state index contributed by atoms with van der Waals surface area (Å²) in [4.78, 5) is 0. The highest BCUT2D eigenvalue weighted by atomic mass is 32.3. The fourth-order valence-corrected chi connectivity index (χ4v) is 6.35. The minimum atomic E-state index is -4.68. The van der Waals surface area contributed by atoms with Crippen LogP contribution in [0.5, 0.6) is 11.5 Å². The average Bonchev–Trinajstić information content (AvgIpc) is 2.91. The lowest BCUT2D eigenvalue weighted by Crippen LogP contribution is -2.27. The molecule has 0 radical (unpaired) electrons. The van der Waals surface area contributed by atoms with E-state index in [2.05, 4.69) is 27.7 Å². The Labute approximate surface area is 182 Å². The fraction of sp³-hybridized carbons (Fsp3) is 0.429. The molecule has 168 valence electrons. The Kier molecular flexibility index (Phi) is 4.59. The summed E-state index contributed by atoms with van der Waals surface area (Å²) in [6.45, 7) is 8.36. The molecule has 10 heteroatoms. The lowest BCUT2D eigenvalue weighted by Gasteiger charge is -2.30. The van der Waals surface area contributed by atoms with Crippen LogP contribution in [0.25, 0.3) is 0 Å². The van der Waals surface area contributed by atoms with Gasteiger partial charge in [-0.25, -0.2) is 0 Å². The Morgan fingerprint density at radius 3 is 1.35 bits per heavy atom. The zero-order valence-electron chi connectivity index (χ0n) is 17.5. The molecule has 0 aliphatic heterocycles. The Bertz CT molecular complexity index is 1190. The normalized spacial score (nSPS) is 20.3. The zero-order valence-corrected chi connectivity index (χ0v) is 19.2. The minimum Gasteiger partial charge on any atom is -0.362 e. The molecule has 2 aromatic carbocycles. The van der Waals surface area contributed by atoms with Crippen LogP contribution in [-0.2, 0) is 37.0 Å². The molecule has 0 saturated carbocycles. The van der Waals surface area contributed by atoms with E-state index < -0.39 is 26.2 Å². The van der Waals surface area contributed by atoms with Gasteiger partial charge in [0.25, 0.3) is 0 Å².